The Morgan fingerprint density at radius 2 is 2.26 bits per heavy atom. The van der Waals surface area contributed by atoms with Crippen LogP contribution >= 0.6 is 0 Å². The second-order valence-corrected chi connectivity index (χ2v) is 6.14. The summed E-state index contributed by atoms with van der Waals surface area (Å²) in [4.78, 5) is 19.2. The maximum Gasteiger partial charge on any atom is 0.276 e. The molecule has 1 aliphatic heterocycles. The number of nitrogens with zero attached hydrogens (tertiary/aromatic N) is 3. The number of fused-ring (bicyclic) bond motifs is 1. The molecular formula is C17H20N4O2. The zero-order valence-electron chi connectivity index (χ0n) is 13.0. The Hall–Kier alpha value is -2.21. The topological polar surface area (TPSA) is 71.3 Å². The zero-order chi connectivity index (χ0) is 15.6. The molecular weight excluding hydrogens is 292 g/mol. The lowest BCUT2D eigenvalue weighted by molar-refractivity contribution is 0.0622. The van der Waals surface area contributed by atoms with E-state index in [9.17, 15) is 4.79 Å². The van der Waals surface area contributed by atoms with Crippen molar-refractivity contribution < 1.29 is 9.32 Å². The minimum Gasteiger partial charge on any atom is -0.360 e. The number of pyridine rings is 1. The van der Waals surface area contributed by atoms with Gasteiger partial charge in [-0.3, -0.25) is 9.78 Å². The molecule has 1 aliphatic carbocycles. The van der Waals surface area contributed by atoms with Crippen LogP contribution in [0.3, 0.4) is 0 Å². The molecule has 4 rings (SSSR count). The van der Waals surface area contributed by atoms with Crippen molar-refractivity contribution in [2.45, 2.75) is 31.7 Å². The number of rotatable bonds is 2. The highest BCUT2D eigenvalue weighted by molar-refractivity contribution is 5.94. The van der Waals surface area contributed by atoms with Crippen LogP contribution < -0.4 is 5.32 Å². The molecule has 6 heteroatoms. The monoisotopic (exact) mass is 312 g/mol. The summed E-state index contributed by atoms with van der Waals surface area (Å²) in [5.74, 6) is 0.875. The lowest BCUT2D eigenvalue weighted by Crippen LogP contribution is -2.49. The Morgan fingerprint density at radius 1 is 1.35 bits per heavy atom. The van der Waals surface area contributed by atoms with Crippen LogP contribution in [0.1, 0.15) is 46.3 Å². The van der Waals surface area contributed by atoms with Gasteiger partial charge in [0.2, 0.25) is 0 Å². The Morgan fingerprint density at radius 3 is 3.13 bits per heavy atom. The lowest BCUT2D eigenvalue weighted by Gasteiger charge is -2.36. The second-order valence-electron chi connectivity index (χ2n) is 6.14. The summed E-state index contributed by atoms with van der Waals surface area (Å²) in [5, 5.41) is 7.46. The summed E-state index contributed by atoms with van der Waals surface area (Å²) in [6.07, 6.45) is 7.58. The highest BCUT2D eigenvalue weighted by Gasteiger charge is 2.33. The Kier molecular flexibility index (Phi) is 3.83. The average molecular weight is 312 g/mol. The van der Waals surface area contributed by atoms with Gasteiger partial charge in [0, 0.05) is 44.0 Å². The predicted octanol–water partition coefficient (Wildman–Crippen LogP) is 1.74. The summed E-state index contributed by atoms with van der Waals surface area (Å²) in [7, 11) is 0. The quantitative estimate of drug-likeness (QED) is 0.914. The first-order valence-electron chi connectivity index (χ1n) is 8.23. The minimum atomic E-state index is -0.0211. The van der Waals surface area contributed by atoms with E-state index < -0.39 is 0 Å². The number of hydrogen-bond acceptors (Lipinski definition) is 5. The molecule has 0 saturated carbocycles. The van der Waals surface area contributed by atoms with Crippen molar-refractivity contribution in [3.63, 3.8) is 0 Å². The fourth-order valence-corrected chi connectivity index (χ4v) is 3.51. The van der Waals surface area contributed by atoms with E-state index in [1.165, 1.54) is 0 Å². The summed E-state index contributed by atoms with van der Waals surface area (Å²) >= 11 is 0. The van der Waals surface area contributed by atoms with E-state index >= 15 is 0 Å². The predicted molar refractivity (Wildman–Crippen MR) is 84.0 cm³/mol. The molecule has 2 aromatic heterocycles. The molecule has 1 N–H and O–H groups in total. The van der Waals surface area contributed by atoms with E-state index in [1.54, 1.807) is 6.20 Å². The summed E-state index contributed by atoms with van der Waals surface area (Å²) in [5.41, 5.74) is 2.57. The molecule has 1 saturated heterocycles. The third-order valence-corrected chi connectivity index (χ3v) is 4.73. The van der Waals surface area contributed by atoms with Gasteiger partial charge < -0.3 is 14.7 Å². The molecule has 120 valence electrons. The van der Waals surface area contributed by atoms with Gasteiger partial charge in [-0.05, 0) is 30.9 Å². The molecule has 0 bridgehead atoms. The van der Waals surface area contributed by atoms with Gasteiger partial charge in [0.05, 0.1) is 6.04 Å². The summed E-state index contributed by atoms with van der Waals surface area (Å²) < 4.78 is 5.41. The van der Waals surface area contributed by atoms with Gasteiger partial charge in [-0.15, -0.1) is 0 Å². The van der Waals surface area contributed by atoms with Crippen LogP contribution in [0.2, 0.25) is 0 Å². The molecule has 2 aliphatic rings. The second kappa shape index (κ2) is 6.12. The molecule has 23 heavy (non-hydrogen) atoms. The first-order chi connectivity index (χ1) is 11.3. The number of aromatic nitrogens is 2. The number of piperazine rings is 1. The summed E-state index contributed by atoms with van der Waals surface area (Å²) in [6, 6.07) is 3.91. The maximum atomic E-state index is 13.1. The number of amides is 1. The molecule has 1 amide bonds. The highest BCUT2D eigenvalue weighted by Crippen LogP contribution is 2.28. The number of nitrogens with one attached hydrogen (secondary N) is 1. The fourth-order valence-electron chi connectivity index (χ4n) is 3.51. The van der Waals surface area contributed by atoms with Gasteiger partial charge in [-0.1, -0.05) is 11.2 Å². The van der Waals surface area contributed by atoms with E-state index in [0.29, 0.717) is 12.2 Å². The number of aryl methyl sites for hydroxylation is 1. The van der Waals surface area contributed by atoms with Crippen LogP contribution in [0.15, 0.2) is 29.0 Å². The molecule has 6 nitrogen and oxygen atoms in total. The van der Waals surface area contributed by atoms with Crippen molar-refractivity contribution in [1.29, 1.82) is 0 Å². The molecule has 1 unspecified atom stereocenters. The lowest BCUT2D eigenvalue weighted by atomic mass is 9.95. The SMILES string of the molecule is O=C(c1noc2c1CCCC2)N1CCNCC1c1cccnc1. The number of carbonyl (C=O) groups excluding carboxylic acids is 1. The van der Waals surface area contributed by atoms with Crippen LogP contribution in [0.25, 0.3) is 0 Å². The average Bonchev–Trinajstić information content (AvgIpc) is 3.06. The van der Waals surface area contributed by atoms with Crippen LogP contribution in [0, 0.1) is 0 Å². The first kappa shape index (κ1) is 14.4. The number of hydrogen-bond donors (Lipinski definition) is 1. The fraction of sp³-hybridized carbons (Fsp3) is 0.471. The van der Waals surface area contributed by atoms with Gasteiger partial charge in [-0.2, -0.15) is 0 Å². The normalized spacial score (nSPS) is 21.0. The van der Waals surface area contributed by atoms with Gasteiger partial charge in [0.15, 0.2) is 5.69 Å². The molecule has 1 fully saturated rings. The Bertz CT molecular complexity index is 698. The largest absolute Gasteiger partial charge is 0.360 e. The minimum absolute atomic E-state index is 0.0131. The first-order valence-corrected chi connectivity index (χ1v) is 8.23. The van der Waals surface area contributed by atoms with Crippen LogP contribution in [0.5, 0.6) is 0 Å². The van der Waals surface area contributed by atoms with Crippen LogP contribution in [-0.2, 0) is 12.8 Å². The number of carbonyl (C=O) groups is 1. The van der Waals surface area contributed by atoms with Crippen LogP contribution in [0.4, 0.5) is 0 Å². The molecule has 2 aromatic rings. The molecule has 0 spiro atoms. The van der Waals surface area contributed by atoms with E-state index in [4.69, 9.17) is 4.52 Å². The van der Waals surface area contributed by atoms with Crippen molar-refractivity contribution in [2.24, 2.45) is 0 Å². The van der Waals surface area contributed by atoms with Gasteiger partial charge in [0.1, 0.15) is 5.76 Å². The third-order valence-electron chi connectivity index (χ3n) is 4.73. The van der Waals surface area contributed by atoms with Gasteiger partial charge >= 0.3 is 0 Å². The Balaban J connectivity index is 1.64. The van der Waals surface area contributed by atoms with Crippen molar-refractivity contribution in [2.75, 3.05) is 19.6 Å². The van der Waals surface area contributed by atoms with Crippen molar-refractivity contribution >= 4 is 5.91 Å². The highest BCUT2D eigenvalue weighted by atomic mass is 16.5. The van der Waals surface area contributed by atoms with Gasteiger partial charge in [-0.25, -0.2) is 0 Å². The van der Waals surface area contributed by atoms with Crippen molar-refractivity contribution in [3.8, 4) is 0 Å². The standard InChI is InChI=1S/C17H20N4O2/c22-17(16-13-5-1-2-6-15(13)23-20-16)21-9-8-19-11-14(21)12-4-3-7-18-10-12/h3-4,7,10,14,19H,1-2,5-6,8-9,11H2. The molecule has 3 heterocycles. The van der Waals surface area contributed by atoms with Crippen LogP contribution in [-0.4, -0.2) is 40.6 Å². The Labute approximate surface area is 134 Å². The molecule has 0 aromatic carbocycles. The maximum absolute atomic E-state index is 13.1. The van der Waals surface area contributed by atoms with Gasteiger partial charge in [0.25, 0.3) is 5.91 Å². The zero-order valence-corrected chi connectivity index (χ0v) is 13.0. The molecule has 1 atom stereocenters. The van der Waals surface area contributed by atoms with Crippen molar-refractivity contribution in [1.82, 2.24) is 20.4 Å². The van der Waals surface area contributed by atoms with E-state index in [1.807, 2.05) is 23.2 Å². The smallest absolute Gasteiger partial charge is 0.276 e. The van der Waals surface area contributed by atoms with E-state index in [0.717, 1.165) is 55.7 Å². The summed E-state index contributed by atoms with van der Waals surface area (Å²) in [6.45, 7) is 2.19. The third kappa shape index (κ3) is 2.63. The van der Waals surface area contributed by atoms with Crippen molar-refractivity contribution in [3.05, 3.63) is 47.1 Å². The van der Waals surface area contributed by atoms with E-state index in [-0.39, 0.29) is 11.9 Å². The van der Waals surface area contributed by atoms with E-state index in [2.05, 4.69) is 15.5 Å². The molecule has 0 radical (unpaired) electrons.